The zero-order chi connectivity index (χ0) is 19.3. The zero-order valence-corrected chi connectivity index (χ0v) is 14.4. The van der Waals surface area contributed by atoms with E-state index in [2.05, 4.69) is 0 Å². The molecular weight excluding hydrogens is 373 g/mol. The van der Waals surface area contributed by atoms with E-state index in [4.69, 9.17) is 8.92 Å². The first-order valence-corrected chi connectivity index (χ1v) is 8.82. The maximum absolute atomic E-state index is 12.0. The van der Waals surface area contributed by atoms with Gasteiger partial charge in [-0.05, 0) is 12.5 Å². The smallest absolute Gasteiger partial charge is 0.379 e. The molecule has 140 valence electrons. The third-order valence-corrected chi connectivity index (χ3v) is 4.80. The third kappa shape index (κ3) is 5.30. The van der Waals surface area contributed by atoms with Crippen molar-refractivity contribution < 1.29 is 35.3 Å². The fourth-order valence-corrected chi connectivity index (χ4v) is 3.56. The van der Waals surface area contributed by atoms with Gasteiger partial charge in [-0.3, -0.25) is 4.18 Å². The summed E-state index contributed by atoms with van der Waals surface area (Å²) in [6.45, 7) is -2.23. The molecule has 0 aromatic heterocycles. The molecule has 1 unspecified atom stereocenters. The molecule has 0 heterocycles. The second-order valence-corrected chi connectivity index (χ2v) is 6.72. The number of esters is 1. The molecule has 0 fully saturated rings. The van der Waals surface area contributed by atoms with Crippen LogP contribution in [-0.4, -0.2) is 27.2 Å². The lowest BCUT2D eigenvalue weighted by atomic mass is 10.2. The highest BCUT2D eigenvalue weighted by Crippen LogP contribution is 2.47. The Morgan fingerprint density at radius 1 is 1.00 bits per heavy atom. The van der Waals surface area contributed by atoms with Gasteiger partial charge >= 0.3 is 12.6 Å². The number of ether oxygens (including phenoxy) is 1. The number of alkyl halides is 3. The summed E-state index contributed by atoms with van der Waals surface area (Å²) in [7, 11) is -3.91. The molecule has 0 aliphatic heterocycles. The SMILES string of the molecule is CC(OS(=O)(=O)c1c2cccc1-2)C(=O)OCc1ccccc1.FC(F)F. The number of fused-ring (bicyclic) bond motifs is 1. The number of carbonyl (C=O) groups is 1. The van der Waals surface area contributed by atoms with Crippen LogP contribution in [0, 0.1) is 0 Å². The zero-order valence-electron chi connectivity index (χ0n) is 13.6. The van der Waals surface area contributed by atoms with Gasteiger partial charge < -0.3 is 4.74 Å². The summed E-state index contributed by atoms with van der Waals surface area (Å²) in [6, 6.07) is 14.3. The predicted octanol–water partition coefficient (Wildman–Crippen LogP) is 3.68. The number of hydrogen-bond acceptors (Lipinski definition) is 5. The Kier molecular flexibility index (Phi) is 6.38. The molecule has 5 nitrogen and oxygen atoms in total. The van der Waals surface area contributed by atoms with Gasteiger partial charge in [-0.25, -0.2) is 4.79 Å². The quantitative estimate of drug-likeness (QED) is 0.476. The van der Waals surface area contributed by atoms with E-state index in [0.29, 0.717) is 11.1 Å². The Hall–Kier alpha value is -2.39. The largest absolute Gasteiger partial charge is 0.459 e. The summed E-state index contributed by atoms with van der Waals surface area (Å²) in [5, 5.41) is 0. The monoisotopic (exact) mass is 388 g/mol. The normalized spacial score (nSPS) is 12.8. The number of carbonyl (C=O) groups excluding carboxylic acids is 1. The average Bonchev–Trinajstić information content (AvgIpc) is 3.09. The molecule has 0 spiro atoms. The topological polar surface area (TPSA) is 69.7 Å². The lowest BCUT2D eigenvalue weighted by Crippen LogP contribution is -2.25. The summed E-state index contributed by atoms with van der Waals surface area (Å²) in [6.07, 6.45) is -1.19. The van der Waals surface area contributed by atoms with Crippen LogP contribution < -0.4 is 0 Å². The summed E-state index contributed by atoms with van der Waals surface area (Å²) in [5.74, 6) is -0.714. The number of hydrogen-bond donors (Lipinski definition) is 0. The minimum absolute atomic E-state index is 0.0786. The Balaban J connectivity index is 0.000000552. The van der Waals surface area contributed by atoms with Crippen LogP contribution in [0.4, 0.5) is 13.2 Å². The van der Waals surface area contributed by atoms with Gasteiger partial charge in [-0.15, -0.1) is 0 Å². The van der Waals surface area contributed by atoms with Crippen LogP contribution in [0.25, 0.3) is 11.1 Å². The first-order chi connectivity index (χ1) is 12.2. The van der Waals surface area contributed by atoms with Crippen LogP contribution in [0.2, 0.25) is 0 Å². The van der Waals surface area contributed by atoms with Crippen molar-refractivity contribution in [1.29, 1.82) is 0 Å². The molecule has 3 rings (SSSR count). The molecule has 1 atom stereocenters. The Bertz CT molecular complexity index is 846. The maximum atomic E-state index is 12.0. The molecule has 2 aliphatic carbocycles. The molecule has 0 saturated heterocycles. The van der Waals surface area contributed by atoms with Crippen molar-refractivity contribution in [2.24, 2.45) is 0 Å². The molecule has 2 aliphatic rings. The molecule has 1 aromatic carbocycles. The minimum atomic E-state index is -3.91. The average molecular weight is 388 g/mol. The van der Waals surface area contributed by atoms with E-state index in [1.54, 1.807) is 18.2 Å². The van der Waals surface area contributed by atoms with Crippen LogP contribution in [0.15, 0.2) is 53.4 Å². The van der Waals surface area contributed by atoms with E-state index >= 15 is 0 Å². The molecule has 9 heteroatoms. The van der Waals surface area contributed by atoms with E-state index in [1.807, 2.05) is 30.3 Å². The van der Waals surface area contributed by atoms with Crippen molar-refractivity contribution in [2.75, 3.05) is 0 Å². The van der Waals surface area contributed by atoms with Crippen molar-refractivity contribution in [3.63, 3.8) is 0 Å². The highest BCUT2D eigenvalue weighted by molar-refractivity contribution is 7.87. The van der Waals surface area contributed by atoms with Crippen molar-refractivity contribution in [3.8, 4) is 11.1 Å². The fourth-order valence-electron chi connectivity index (χ4n) is 2.16. The molecule has 1 aromatic rings. The first kappa shape index (κ1) is 19.9. The van der Waals surface area contributed by atoms with E-state index in [9.17, 15) is 26.4 Å². The summed E-state index contributed by atoms with van der Waals surface area (Å²) in [4.78, 5) is 12.0. The molecule has 0 N–H and O–H groups in total. The molecule has 0 radical (unpaired) electrons. The van der Waals surface area contributed by atoms with E-state index in [0.717, 1.165) is 5.56 Å². The highest BCUT2D eigenvalue weighted by Gasteiger charge is 2.37. The number of halogens is 3. The third-order valence-electron chi connectivity index (χ3n) is 3.32. The van der Waals surface area contributed by atoms with Gasteiger partial charge in [0.15, 0.2) is 6.10 Å². The van der Waals surface area contributed by atoms with Crippen molar-refractivity contribution in [1.82, 2.24) is 0 Å². The summed E-state index contributed by atoms with van der Waals surface area (Å²) in [5.41, 5.74) is 2.14. The van der Waals surface area contributed by atoms with E-state index < -0.39 is 28.9 Å². The van der Waals surface area contributed by atoms with Gasteiger partial charge in [0.1, 0.15) is 11.5 Å². The van der Waals surface area contributed by atoms with E-state index in [1.165, 1.54) is 6.92 Å². The van der Waals surface area contributed by atoms with Gasteiger partial charge in [-0.1, -0.05) is 48.5 Å². The van der Waals surface area contributed by atoms with Gasteiger partial charge in [0, 0.05) is 11.1 Å². The summed E-state index contributed by atoms with van der Waals surface area (Å²) < 4.78 is 63.0. The number of benzene rings is 2. The Labute approximate surface area is 148 Å². The fraction of sp³-hybridized carbons (Fsp3) is 0.235. The Morgan fingerprint density at radius 3 is 2.08 bits per heavy atom. The lowest BCUT2D eigenvalue weighted by Gasteiger charge is -2.11. The minimum Gasteiger partial charge on any atom is -0.459 e. The molecule has 0 amide bonds. The van der Waals surface area contributed by atoms with Crippen LogP contribution >= 0.6 is 0 Å². The van der Waals surface area contributed by atoms with E-state index in [-0.39, 0.29) is 11.5 Å². The molecule has 0 saturated carbocycles. The van der Waals surface area contributed by atoms with Crippen molar-refractivity contribution in [3.05, 3.63) is 54.1 Å². The van der Waals surface area contributed by atoms with Gasteiger partial charge in [0.25, 0.3) is 10.1 Å². The van der Waals surface area contributed by atoms with Crippen LogP contribution in [0.5, 0.6) is 0 Å². The van der Waals surface area contributed by atoms with Gasteiger partial charge in [-0.2, -0.15) is 21.6 Å². The van der Waals surface area contributed by atoms with Crippen molar-refractivity contribution in [2.45, 2.75) is 31.2 Å². The lowest BCUT2D eigenvalue weighted by molar-refractivity contribution is -0.152. The second-order valence-electron chi connectivity index (χ2n) is 5.22. The standard InChI is InChI=1S/C16H14O5S.CHF3/c1-11(16(17)20-10-12-6-3-2-4-7-12)21-22(18,19)15-13-8-5-9-14(13)15;2-1(3)4/h2-9,11H,10H2,1H3;1H. The first-order valence-electron chi connectivity index (χ1n) is 7.42. The molecular formula is C17H15F3O5S. The van der Waals surface area contributed by atoms with Crippen LogP contribution in [-0.2, 0) is 30.4 Å². The maximum Gasteiger partial charge on any atom is 0.379 e. The number of rotatable bonds is 6. The Morgan fingerprint density at radius 2 is 1.54 bits per heavy atom. The highest BCUT2D eigenvalue weighted by atomic mass is 32.2. The van der Waals surface area contributed by atoms with Crippen LogP contribution in [0.1, 0.15) is 12.5 Å². The van der Waals surface area contributed by atoms with Gasteiger partial charge in [0.2, 0.25) is 0 Å². The van der Waals surface area contributed by atoms with Gasteiger partial charge in [0.05, 0.1) is 0 Å². The predicted molar refractivity (Wildman–Crippen MR) is 86.5 cm³/mol. The summed E-state index contributed by atoms with van der Waals surface area (Å²) >= 11 is 0. The molecule has 26 heavy (non-hydrogen) atoms. The molecule has 0 bridgehead atoms. The van der Waals surface area contributed by atoms with Crippen LogP contribution in [0.3, 0.4) is 0 Å². The van der Waals surface area contributed by atoms with Crippen molar-refractivity contribution >= 4 is 16.1 Å². The second kappa shape index (κ2) is 8.33.